The summed E-state index contributed by atoms with van der Waals surface area (Å²) in [6.45, 7) is 2.69. The number of nitrogens with one attached hydrogen (secondary N) is 1. The highest BCUT2D eigenvalue weighted by atomic mass is 32.1. The molecule has 3 aromatic rings. The maximum Gasteiger partial charge on any atom is 0.271 e. The van der Waals surface area contributed by atoms with E-state index in [-0.39, 0.29) is 11.6 Å². The van der Waals surface area contributed by atoms with Gasteiger partial charge in [0.15, 0.2) is 5.13 Å². The van der Waals surface area contributed by atoms with Crippen molar-refractivity contribution in [2.45, 2.75) is 19.8 Å². The van der Waals surface area contributed by atoms with Crippen LogP contribution in [0.5, 0.6) is 5.75 Å². The zero-order chi connectivity index (χ0) is 18.5. The lowest BCUT2D eigenvalue weighted by atomic mass is 10.2. The second-order valence-electron chi connectivity index (χ2n) is 5.61. The number of rotatable bonds is 7. The van der Waals surface area contributed by atoms with Crippen LogP contribution in [0.1, 0.15) is 30.1 Å². The minimum Gasteiger partial charge on any atom is -0.494 e. The maximum atomic E-state index is 12.4. The summed E-state index contributed by atoms with van der Waals surface area (Å²) in [4.78, 5) is 27.1. The molecule has 8 heteroatoms. The minimum atomic E-state index is -0.471. The number of nitro groups is 1. The molecule has 0 fully saturated rings. The van der Waals surface area contributed by atoms with Crippen molar-refractivity contribution in [2.75, 3.05) is 11.9 Å². The van der Waals surface area contributed by atoms with Crippen LogP contribution in [0.15, 0.2) is 42.5 Å². The van der Waals surface area contributed by atoms with Gasteiger partial charge in [0.05, 0.1) is 21.7 Å². The van der Waals surface area contributed by atoms with E-state index < -0.39 is 4.92 Å². The van der Waals surface area contributed by atoms with Crippen LogP contribution in [-0.2, 0) is 0 Å². The summed E-state index contributed by atoms with van der Waals surface area (Å²) in [5, 5.41) is 14.0. The fraction of sp³-hybridized carbons (Fsp3) is 0.222. The van der Waals surface area contributed by atoms with E-state index >= 15 is 0 Å². The molecule has 0 saturated carbocycles. The summed E-state index contributed by atoms with van der Waals surface area (Å²) in [5.41, 5.74) is 0.915. The number of aromatic nitrogens is 1. The first-order chi connectivity index (χ1) is 12.6. The number of unbranched alkanes of at least 4 members (excludes halogenated alkanes) is 1. The number of nitro benzene ring substituents is 1. The van der Waals surface area contributed by atoms with Crippen molar-refractivity contribution >= 4 is 38.3 Å². The van der Waals surface area contributed by atoms with Crippen molar-refractivity contribution in [3.63, 3.8) is 0 Å². The summed E-state index contributed by atoms with van der Waals surface area (Å²) in [6.07, 6.45) is 1.99. The van der Waals surface area contributed by atoms with Crippen molar-refractivity contribution in [2.24, 2.45) is 0 Å². The van der Waals surface area contributed by atoms with E-state index in [1.807, 2.05) is 6.07 Å². The molecule has 0 atom stereocenters. The number of fused-ring (bicyclic) bond motifs is 1. The second kappa shape index (κ2) is 7.92. The number of nitrogens with zero attached hydrogens (tertiary/aromatic N) is 2. The van der Waals surface area contributed by atoms with E-state index in [4.69, 9.17) is 4.74 Å². The van der Waals surface area contributed by atoms with Gasteiger partial charge in [0.1, 0.15) is 5.75 Å². The molecule has 26 heavy (non-hydrogen) atoms. The Morgan fingerprint density at radius 1 is 1.31 bits per heavy atom. The largest absolute Gasteiger partial charge is 0.494 e. The Morgan fingerprint density at radius 2 is 2.15 bits per heavy atom. The van der Waals surface area contributed by atoms with Gasteiger partial charge in [-0.1, -0.05) is 30.7 Å². The number of hydrogen-bond acceptors (Lipinski definition) is 6. The fourth-order valence-corrected chi connectivity index (χ4v) is 3.15. The highest BCUT2D eigenvalue weighted by Crippen LogP contribution is 2.29. The van der Waals surface area contributed by atoms with E-state index in [1.165, 1.54) is 23.5 Å². The van der Waals surface area contributed by atoms with Crippen molar-refractivity contribution in [1.29, 1.82) is 0 Å². The molecule has 134 valence electrons. The molecule has 0 unspecified atom stereocenters. The predicted octanol–water partition coefficient (Wildman–Crippen LogP) is 4.64. The number of benzene rings is 2. The maximum absolute atomic E-state index is 12.4. The fourth-order valence-electron chi connectivity index (χ4n) is 2.31. The van der Waals surface area contributed by atoms with Gasteiger partial charge in [-0.15, -0.1) is 0 Å². The number of carbonyl (C=O) groups is 1. The molecular formula is C18H17N3O4S. The summed E-state index contributed by atoms with van der Waals surface area (Å²) in [5.74, 6) is 0.338. The zero-order valence-corrected chi connectivity index (χ0v) is 14.9. The molecule has 0 aliphatic carbocycles. The van der Waals surface area contributed by atoms with E-state index in [0.29, 0.717) is 28.6 Å². The van der Waals surface area contributed by atoms with E-state index in [9.17, 15) is 14.9 Å². The Balaban J connectivity index is 1.74. The molecule has 0 saturated heterocycles. The number of non-ortho nitro benzene ring substituents is 1. The highest BCUT2D eigenvalue weighted by Gasteiger charge is 2.13. The zero-order valence-electron chi connectivity index (χ0n) is 14.1. The van der Waals surface area contributed by atoms with Crippen LogP contribution in [0.2, 0.25) is 0 Å². The van der Waals surface area contributed by atoms with E-state index in [0.717, 1.165) is 17.5 Å². The SMILES string of the molecule is CCCCOc1cccc(C(=O)Nc2nc3cc([N+](=O)[O-])ccc3s2)c1. The Labute approximate surface area is 153 Å². The van der Waals surface area contributed by atoms with Crippen LogP contribution in [0.4, 0.5) is 10.8 Å². The van der Waals surface area contributed by atoms with Gasteiger partial charge < -0.3 is 4.74 Å². The van der Waals surface area contributed by atoms with Crippen LogP contribution >= 0.6 is 11.3 Å². The number of hydrogen-bond donors (Lipinski definition) is 1. The Bertz CT molecular complexity index is 955. The average molecular weight is 371 g/mol. The van der Waals surface area contributed by atoms with Crippen LogP contribution in [-0.4, -0.2) is 22.4 Å². The first kappa shape index (κ1) is 17.8. The molecule has 1 heterocycles. The van der Waals surface area contributed by atoms with Gasteiger partial charge in [-0.05, 0) is 30.7 Å². The number of ether oxygens (including phenoxy) is 1. The van der Waals surface area contributed by atoms with Crippen molar-refractivity contribution in [1.82, 2.24) is 4.98 Å². The third-order valence-electron chi connectivity index (χ3n) is 3.67. The molecule has 0 aliphatic heterocycles. The minimum absolute atomic E-state index is 0.0300. The first-order valence-electron chi connectivity index (χ1n) is 8.16. The molecule has 0 bridgehead atoms. The topological polar surface area (TPSA) is 94.4 Å². The predicted molar refractivity (Wildman–Crippen MR) is 101 cm³/mol. The molecule has 3 rings (SSSR count). The molecule has 1 amide bonds. The smallest absolute Gasteiger partial charge is 0.271 e. The Kier molecular flexibility index (Phi) is 5.43. The first-order valence-corrected chi connectivity index (χ1v) is 8.97. The third kappa shape index (κ3) is 4.15. The molecule has 0 aliphatic rings. The van der Waals surface area contributed by atoms with E-state index in [1.54, 1.807) is 24.3 Å². The van der Waals surface area contributed by atoms with Crippen LogP contribution in [0.3, 0.4) is 0 Å². The van der Waals surface area contributed by atoms with Gasteiger partial charge in [0, 0.05) is 17.7 Å². The number of carbonyl (C=O) groups excluding carboxylic acids is 1. The van der Waals surface area contributed by atoms with Gasteiger partial charge in [-0.25, -0.2) is 4.98 Å². The molecular weight excluding hydrogens is 354 g/mol. The van der Waals surface area contributed by atoms with Crippen molar-refractivity contribution in [3.05, 3.63) is 58.1 Å². The lowest BCUT2D eigenvalue weighted by Crippen LogP contribution is -2.11. The van der Waals surface area contributed by atoms with Crippen molar-refractivity contribution < 1.29 is 14.5 Å². The molecule has 0 spiro atoms. The quantitative estimate of drug-likeness (QED) is 0.371. The third-order valence-corrected chi connectivity index (χ3v) is 4.62. The van der Waals surface area contributed by atoms with Crippen molar-refractivity contribution in [3.8, 4) is 5.75 Å². The molecule has 1 aromatic heterocycles. The van der Waals surface area contributed by atoms with Crippen LogP contribution in [0.25, 0.3) is 10.2 Å². The normalized spacial score (nSPS) is 10.7. The standard InChI is InChI=1S/C18H17N3O4S/c1-2-3-9-25-14-6-4-5-12(10-14)17(22)20-18-19-15-11-13(21(23)24)7-8-16(15)26-18/h4-8,10-11H,2-3,9H2,1H3,(H,19,20,22). The molecule has 1 N–H and O–H groups in total. The van der Waals surface area contributed by atoms with Gasteiger partial charge in [0.2, 0.25) is 0 Å². The van der Waals surface area contributed by atoms with Gasteiger partial charge in [0.25, 0.3) is 11.6 Å². The Morgan fingerprint density at radius 3 is 2.92 bits per heavy atom. The van der Waals surface area contributed by atoms with Crippen LogP contribution in [0, 0.1) is 10.1 Å². The summed E-state index contributed by atoms with van der Waals surface area (Å²) in [7, 11) is 0. The lowest BCUT2D eigenvalue weighted by molar-refractivity contribution is -0.384. The van der Waals surface area contributed by atoms with E-state index in [2.05, 4.69) is 17.2 Å². The molecule has 0 radical (unpaired) electrons. The lowest BCUT2D eigenvalue weighted by Gasteiger charge is -2.07. The molecule has 2 aromatic carbocycles. The monoisotopic (exact) mass is 371 g/mol. The Hall–Kier alpha value is -3.00. The number of thiazole rings is 1. The highest BCUT2D eigenvalue weighted by molar-refractivity contribution is 7.22. The number of amides is 1. The van der Waals surface area contributed by atoms with Gasteiger partial charge in [-0.3, -0.25) is 20.2 Å². The summed E-state index contributed by atoms with van der Waals surface area (Å²) < 4.78 is 6.38. The molecule has 7 nitrogen and oxygen atoms in total. The second-order valence-corrected chi connectivity index (χ2v) is 6.64. The van der Waals surface area contributed by atoms with Gasteiger partial charge in [-0.2, -0.15) is 0 Å². The van der Waals surface area contributed by atoms with Gasteiger partial charge >= 0.3 is 0 Å². The van der Waals surface area contributed by atoms with Crippen LogP contribution < -0.4 is 10.1 Å². The summed E-state index contributed by atoms with van der Waals surface area (Å²) in [6, 6.07) is 11.4. The number of anilines is 1. The average Bonchev–Trinajstić information content (AvgIpc) is 3.03. The summed E-state index contributed by atoms with van der Waals surface area (Å²) >= 11 is 1.26.